The molecule has 6 rings (SSSR count). The molecule has 0 spiro atoms. The first-order valence-corrected chi connectivity index (χ1v) is 15.8. The van der Waals surface area contributed by atoms with Crippen LogP contribution in [0, 0.1) is 23.2 Å². The first-order chi connectivity index (χ1) is 19.6. The molecular formula is C35H45NO4. The fourth-order valence-corrected chi connectivity index (χ4v) is 7.32. The highest BCUT2D eigenvalue weighted by atomic mass is 16.5. The summed E-state index contributed by atoms with van der Waals surface area (Å²) in [6.45, 7) is 3.21. The van der Waals surface area contributed by atoms with Crippen LogP contribution < -0.4 is 4.74 Å². The maximum atomic E-state index is 13.4. The van der Waals surface area contributed by atoms with E-state index in [4.69, 9.17) is 19.6 Å². The van der Waals surface area contributed by atoms with Crippen molar-refractivity contribution in [1.29, 1.82) is 5.41 Å². The predicted octanol–water partition coefficient (Wildman–Crippen LogP) is 6.95. The second-order valence-electron chi connectivity index (χ2n) is 12.7. The Morgan fingerprint density at radius 3 is 2.62 bits per heavy atom. The van der Waals surface area contributed by atoms with Gasteiger partial charge in [-0.1, -0.05) is 18.2 Å². The SMILES string of the molecule is N=C(CCC1CCOCC1)Cc1ccc2c(c1)CC[C@H](CC1CCc3cc(OC[C@@H]4CCCO4)ccc3C1=O)C2. The maximum Gasteiger partial charge on any atom is 0.166 e. The first-order valence-electron chi connectivity index (χ1n) is 15.8. The molecule has 2 aliphatic heterocycles. The lowest BCUT2D eigenvalue weighted by atomic mass is 9.73. The Morgan fingerprint density at radius 2 is 1.77 bits per heavy atom. The highest BCUT2D eigenvalue weighted by Crippen LogP contribution is 2.36. The summed E-state index contributed by atoms with van der Waals surface area (Å²) in [7, 11) is 0. The van der Waals surface area contributed by atoms with Gasteiger partial charge in [0.15, 0.2) is 5.78 Å². The lowest BCUT2D eigenvalue weighted by Crippen LogP contribution is -2.27. The van der Waals surface area contributed by atoms with Crippen molar-refractivity contribution in [3.05, 3.63) is 64.2 Å². The zero-order valence-electron chi connectivity index (χ0n) is 23.9. The van der Waals surface area contributed by atoms with E-state index in [1.807, 2.05) is 12.1 Å². The van der Waals surface area contributed by atoms with Crippen LogP contribution in [0.5, 0.6) is 5.75 Å². The molecule has 214 valence electrons. The number of carbonyl (C=O) groups is 1. The lowest BCUT2D eigenvalue weighted by Gasteiger charge is -2.30. The van der Waals surface area contributed by atoms with E-state index in [0.717, 1.165) is 132 Å². The molecule has 2 aliphatic carbocycles. The zero-order valence-corrected chi connectivity index (χ0v) is 23.9. The maximum absolute atomic E-state index is 13.4. The molecule has 2 saturated heterocycles. The topological polar surface area (TPSA) is 68.6 Å². The van der Waals surface area contributed by atoms with Crippen molar-refractivity contribution in [3.63, 3.8) is 0 Å². The predicted molar refractivity (Wildman–Crippen MR) is 158 cm³/mol. The van der Waals surface area contributed by atoms with E-state index in [1.54, 1.807) is 0 Å². The summed E-state index contributed by atoms with van der Waals surface area (Å²) in [6, 6.07) is 12.9. The number of Topliss-reactive ketones (excluding diaryl/α,β-unsaturated/α-hetero) is 1. The third kappa shape index (κ3) is 6.86. The molecule has 0 amide bonds. The van der Waals surface area contributed by atoms with Gasteiger partial charge >= 0.3 is 0 Å². The number of nitrogens with one attached hydrogen (secondary N) is 1. The van der Waals surface area contributed by atoms with Gasteiger partial charge in [-0.2, -0.15) is 0 Å². The van der Waals surface area contributed by atoms with E-state index >= 15 is 0 Å². The monoisotopic (exact) mass is 543 g/mol. The number of hydrogen-bond donors (Lipinski definition) is 1. The highest BCUT2D eigenvalue weighted by Gasteiger charge is 2.31. The number of benzene rings is 2. The van der Waals surface area contributed by atoms with E-state index in [9.17, 15) is 4.79 Å². The third-order valence-electron chi connectivity index (χ3n) is 9.77. The van der Waals surface area contributed by atoms with Gasteiger partial charge in [-0.25, -0.2) is 0 Å². The Bertz CT molecular complexity index is 1190. The fraction of sp³-hybridized carbons (Fsp3) is 0.600. The van der Waals surface area contributed by atoms with Crippen LogP contribution >= 0.6 is 0 Å². The van der Waals surface area contributed by atoms with E-state index in [1.165, 1.54) is 16.7 Å². The second kappa shape index (κ2) is 13.0. The second-order valence-corrected chi connectivity index (χ2v) is 12.7. The zero-order chi connectivity index (χ0) is 27.3. The van der Waals surface area contributed by atoms with Gasteiger partial charge in [0.25, 0.3) is 0 Å². The minimum atomic E-state index is 0.133. The van der Waals surface area contributed by atoms with Crippen molar-refractivity contribution in [3.8, 4) is 5.75 Å². The normalized spacial score (nSPS) is 24.9. The highest BCUT2D eigenvalue weighted by molar-refractivity contribution is 6.00. The summed E-state index contributed by atoms with van der Waals surface area (Å²) in [5, 5.41) is 8.52. The van der Waals surface area contributed by atoms with Crippen LogP contribution in [-0.2, 0) is 35.2 Å². The van der Waals surface area contributed by atoms with Crippen LogP contribution in [0.1, 0.15) is 90.4 Å². The molecule has 0 saturated carbocycles. The molecule has 2 heterocycles. The number of ether oxygens (including phenoxy) is 3. The minimum Gasteiger partial charge on any atom is -0.491 e. The molecule has 5 heteroatoms. The van der Waals surface area contributed by atoms with Gasteiger partial charge in [-0.05, 0) is 129 Å². The Kier molecular flexibility index (Phi) is 8.98. The molecule has 2 fully saturated rings. The molecule has 1 N–H and O–H groups in total. The Morgan fingerprint density at radius 1 is 0.900 bits per heavy atom. The van der Waals surface area contributed by atoms with Crippen LogP contribution in [0.2, 0.25) is 0 Å². The largest absolute Gasteiger partial charge is 0.491 e. The molecule has 4 aliphatic rings. The van der Waals surface area contributed by atoms with E-state index < -0.39 is 0 Å². The number of ketones is 1. The van der Waals surface area contributed by atoms with E-state index in [0.29, 0.717) is 18.3 Å². The van der Waals surface area contributed by atoms with Crippen molar-refractivity contribution >= 4 is 11.5 Å². The molecular weight excluding hydrogens is 498 g/mol. The molecule has 1 unspecified atom stereocenters. The number of hydrogen-bond acceptors (Lipinski definition) is 5. The molecule has 40 heavy (non-hydrogen) atoms. The molecule has 2 aromatic rings. The average molecular weight is 544 g/mol. The van der Waals surface area contributed by atoms with Gasteiger partial charge in [-0.15, -0.1) is 0 Å². The van der Waals surface area contributed by atoms with Crippen LogP contribution in [0.15, 0.2) is 36.4 Å². The number of carbonyl (C=O) groups excluding carboxylic acids is 1. The Hall–Kier alpha value is -2.50. The number of fused-ring (bicyclic) bond motifs is 2. The Balaban J connectivity index is 0.990. The van der Waals surface area contributed by atoms with Crippen LogP contribution in [0.4, 0.5) is 0 Å². The van der Waals surface area contributed by atoms with Crippen molar-refractivity contribution in [2.75, 3.05) is 26.4 Å². The smallest absolute Gasteiger partial charge is 0.166 e. The number of rotatable bonds is 10. The number of aryl methyl sites for hydroxylation is 2. The van der Waals surface area contributed by atoms with Crippen LogP contribution in [-0.4, -0.2) is 44.0 Å². The minimum absolute atomic E-state index is 0.133. The first kappa shape index (κ1) is 27.7. The van der Waals surface area contributed by atoms with Gasteiger partial charge in [0.1, 0.15) is 12.4 Å². The quantitative estimate of drug-likeness (QED) is 0.329. The standard InChI is InChI=1S/C35H45NO4/c36-31(10-5-24-13-16-38-17-14-24)21-26-4-7-27-18-25(3-6-28(27)19-26)20-30-9-8-29-22-32(11-12-34(29)35(30)37)40-23-33-2-1-15-39-33/h4,7,11-12,19,22,24-25,30,33,36H,1-3,5-6,8-10,13-18,20-21,23H2/t25-,30?,33-/m0/s1. The molecule has 0 aromatic heterocycles. The molecule has 3 atom stereocenters. The summed E-state index contributed by atoms with van der Waals surface area (Å²) in [6.07, 6.45) is 13.7. The molecule has 0 bridgehead atoms. The summed E-state index contributed by atoms with van der Waals surface area (Å²) in [5.41, 5.74) is 7.10. The van der Waals surface area contributed by atoms with Gasteiger partial charge in [0.2, 0.25) is 0 Å². The van der Waals surface area contributed by atoms with Crippen molar-refractivity contribution < 1.29 is 19.0 Å². The van der Waals surface area contributed by atoms with E-state index in [2.05, 4.69) is 24.3 Å². The van der Waals surface area contributed by atoms with Crippen molar-refractivity contribution in [2.45, 2.75) is 89.6 Å². The molecule has 5 nitrogen and oxygen atoms in total. The van der Waals surface area contributed by atoms with Crippen LogP contribution in [0.3, 0.4) is 0 Å². The third-order valence-corrected chi connectivity index (χ3v) is 9.77. The van der Waals surface area contributed by atoms with Gasteiger partial charge < -0.3 is 19.6 Å². The summed E-state index contributed by atoms with van der Waals surface area (Å²) in [5.74, 6) is 2.62. The fourth-order valence-electron chi connectivity index (χ4n) is 7.32. The van der Waals surface area contributed by atoms with E-state index in [-0.39, 0.29) is 12.0 Å². The average Bonchev–Trinajstić information content (AvgIpc) is 3.51. The Labute approximate surface area is 239 Å². The molecule has 0 radical (unpaired) electrons. The lowest BCUT2D eigenvalue weighted by molar-refractivity contribution is 0.0645. The van der Waals surface area contributed by atoms with Gasteiger partial charge in [-0.3, -0.25) is 4.79 Å². The van der Waals surface area contributed by atoms with Gasteiger partial charge in [0, 0.05) is 43.4 Å². The summed E-state index contributed by atoms with van der Waals surface area (Å²) < 4.78 is 17.1. The van der Waals surface area contributed by atoms with Gasteiger partial charge in [0.05, 0.1) is 6.10 Å². The van der Waals surface area contributed by atoms with Crippen LogP contribution in [0.25, 0.3) is 0 Å². The van der Waals surface area contributed by atoms with Crippen molar-refractivity contribution in [2.24, 2.45) is 17.8 Å². The van der Waals surface area contributed by atoms with Crippen molar-refractivity contribution in [1.82, 2.24) is 0 Å². The summed E-state index contributed by atoms with van der Waals surface area (Å²) in [4.78, 5) is 13.4. The molecule has 2 aromatic carbocycles. The summed E-state index contributed by atoms with van der Waals surface area (Å²) >= 11 is 0.